The molecule has 3 nitrogen and oxygen atoms in total. The van der Waals surface area contributed by atoms with E-state index in [-0.39, 0.29) is 5.91 Å². The molecule has 0 aliphatic heterocycles. The Morgan fingerprint density at radius 1 is 1.12 bits per heavy atom. The van der Waals surface area contributed by atoms with Crippen molar-refractivity contribution in [2.24, 2.45) is 17.8 Å². The molecule has 2 fully saturated rings. The average molecular weight is 224 g/mol. The minimum atomic E-state index is 0.165. The van der Waals surface area contributed by atoms with Gasteiger partial charge in [-0.2, -0.15) is 0 Å². The SMILES string of the molecule is CC1CCC(CNCC(=O)NCC2CC2)C1. The molecule has 0 saturated heterocycles. The molecule has 1 amide bonds. The summed E-state index contributed by atoms with van der Waals surface area (Å²) in [5, 5.41) is 6.26. The molecule has 2 aliphatic carbocycles. The van der Waals surface area contributed by atoms with E-state index < -0.39 is 0 Å². The van der Waals surface area contributed by atoms with Crippen molar-refractivity contribution < 1.29 is 4.79 Å². The summed E-state index contributed by atoms with van der Waals surface area (Å²) in [6.45, 7) is 4.72. The van der Waals surface area contributed by atoms with Crippen LogP contribution in [-0.2, 0) is 4.79 Å². The second-order valence-corrected chi connectivity index (χ2v) is 5.66. The van der Waals surface area contributed by atoms with Gasteiger partial charge in [-0.05, 0) is 50.0 Å². The first-order valence-corrected chi connectivity index (χ1v) is 6.71. The number of rotatable bonds is 6. The number of carbonyl (C=O) groups is 1. The zero-order valence-corrected chi connectivity index (χ0v) is 10.3. The van der Waals surface area contributed by atoms with Crippen molar-refractivity contribution in [2.45, 2.75) is 39.0 Å². The van der Waals surface area contributed by atoms with Crippen LogP contribution in [0, 0.1) is 17.8 Å². The predicted octanol–water partition coefficient (Wildman–Crippen LogP) is 1.54. The van der Waals surface area contributed by atoms with E-state index in [0.29, 0.717) is 6.54 Å². The Balaban J connectivity index is 1.48. The summed E-state index contributed by atoms with van der Waals surface area (Å²) in [7, 11) is 0. The maximum absolute atomic E-state index is 11.4. The Morgan fingerprint density at radius 3 is 2.50 bits per heavy atom. The third-order valence-corrected chi connectivity index (χ3v) is 3.81. The molecular formula is C13H24N2O. The number of hydrogen-bond acceptors (Lipinski definition) is 2. The van der Waals surface area contributed by atoms with E-state index in [1.54, 1.807) is 0 Å². The van der Waals surface area contributed by atoms with Gasteiger partial charge in [0, 0.05) is 6.54 Å². The number of amides is 1. The number of carbonyl (C=O) groups excluding carboxylic acids is 1. The number of nitrogens with one attached hydrogen (secondary N) is 2. The Kier molecular flexibility index (Phi) is 4.22. The first-order chi connectivity index (χ1) is 7.74. The summed E-state index contributed by atoms with van der Waals surface area (Å²) >= 11 is 0. The number of hydrogen-bond donors (Lipinski definition) is 2. The van der Waals surface area contributed by atoms with Crippen LogP contribution >= 0.6 is 0 Å². The van der Waals surface area contributed by atoms with Gasteiger partial charge in [0.1, 0.15) is 0 Å². The second-order valence-electron chi connectivity index (χ2n) is 5.66. The van der Waals surface area contributed by atoms with Gasteiger partial charge >= 0.3 is 0 Å². The van der Waals surface area contributed by atoms with Gasteiger partial charge in [-0.1, -0.05) is 13.3 Å². The smallest absolute Gasteiger partial charge is 0.233 e. The predicted molar refractivity (Wildman–Crippen MR) is 65.1 cm³/mol. The van der Waals surface area contributed by atoms with Crippen LogP contribution in [0.2, 0.25) is 0 Å². The van der Waals surface area contributed by atoms with Crippen LogP contribution < -0.4 is 10.6 Å². The van der Waals surface area contributed by atoms with Crippen molar-refractivity contribution >= 4 is 5.91 Å². The molecule has 0 spiro atoms. The molecule has 2 unspecified atom stereocenters. The zero-order valence-electron chi connectivity index (χ0n) is 10.3. The van der Waals surface area contributed by atoms with Crippen LogP contribution in [0.5, 0.6) is 0 Å². The van der Waals surface area contributed by atoms with E-state index in [9.17, 15) is 4.79 Å². The lowest BCUT2D eigenvalue weighted by atomic mass is 10.1. The molecule has 92 valence electrons. The van der Waals surface area contributed by atoms with Crippen molar-refractivity contribution in [3.63, 3.8) is 0 Å². The van der Waals surface area contributed by atoms with Gasteiger partial charge in [0.05, 0.1) is 6.54 Å². The largest absolute Gasteiger partial charge is 0.355 e. The van der Waals surface area contributed by atoms with Crippen LogP contribution in [0.3, 0.4) is 0 Å². The summed E-state index contributed by atoms with van der Waals surface area (Å²) in [5.41, 5.74) is 0. The van der Waals surface area contributed by atoms with Crippen molar-refractivity contribution in [1.29, 1.82) is 0 Å². The van der Waals surface area contributed by atoms with E-state index in [1.807, 2.05) is 0 Å². The highest BCUT2D eigenvalue weighted by Crippen LogP contribution is 2.29. The quantitative estimate of drug-likeness (QED) is 0.718. The molecule has 0 heterocycles. The molecule has 2 aliphatic rings. The molecular weight excluding hydrogens is 200 g/mol. The molecule has 0 radical (unpaired) electrons. The summed E-state index contributed by atoms with van der Waals surface area (Å²) < 4.78 is 0. The highest BCUT2D eigenvalue weighted by atomic mass is 16.1. The summed E-state index contributed by atoms with van der Waals surface area (Å²) in [6.07, 6.45) is 6.62. The summed E-state index contributed by atoms with van der Waals surface area (Å²) in [5.74, 6) is 2.62. The molecule has 2 N–H and O–H groups in total. The maximum Gasteiger partial charge on any atom is 0.233 e. The molecule has 0 aromatic heterocycles. The molecule has 0 aromatic carbocycles. The van der Waals surface area contributed by atoms with Gasteiger partial charge in [-0.25, -0.2) is 0 Å². The lowest BCUT2D eigenvalue weighted by Gasteiger charge is -2.11. The highest BCUT2D eigenvalue weighted by Gasteiger charge is 2.22. The lowest BCUT2D eigenvalue weighted by Crippen LogP contribution is -2.36. The maximum atomic E-state index is 11.4. The fourth-order valence-corrected chi connectivity index (χ4v) is 2.54. The summed E-state index contributed by atoms with van der Waals surface area (Å²) in [6, 6.07) is 0. The van der Waals surface area contributed by atoms with Crippen molar-refractivity contribution in [3.05, 3.63) is 0 Å². The van der Waals surface area contributed by atoms with E-state index in [1.165, 1.54) is 32.1 Å². The van der Waals surface area contributed by atoms with Gasteiger partial charge in [0.15, 0.2) is 0 Å². The molecule has 0 bridgehead atoms. The van der Waals surface area contributed by atoms with Crippen molar-refractivity contribution in [3.8, 4) is 0 Å². The standard InChI is InChI=1S/C13H24N2O/c1-10-2-3-12(6-10)7-14-9-13(16)15-8-11-4-5-11/h10-12,14H,2-9H2,1H3,(H,15,16). The Labute approximate surface area is 98.4 Å². The Morgan fingerprint density at radius 2 is 1.88 bits per heavy atom. The molecule has 2 rings (SSSR count). The molecule has 0 aromatic rings. The van der Waals surface area contributed by atoms with Crippen molar-refractivity contribution in [2.75, 3.05) is 19.6 Å². The van der Waals surface area contributed by atoms with Gasteiger partial charge in [-0.15, -0.1) is 0 Å². The van der Waals surface area contributed by atoms with E-state index in [4.69, 9.17) is 0 Å². The minimum Gasteiger partial charge on any atom is -0.355 e. The van der Waals surface area contributed by atoms with Crippen LogP contribution in [0.4, 0.5) is 0 Å². The van der Waals surface area contributed by atoms with Crippen LogP contribution in [0.15, 0.2) is 0 Å². The van der Waals surface area contributed by atoms with E-state index in [2.05, 4.69) is 17.6 Å². The summed E-state index contributed by atoms with van der Waals surface area (Å²) in [4.78, 5) is 11.4. The third kappa shape index (κ3) is 4.12. The second kappa shape index (κ2) is 5.67. The minimum absolute atomic E-state index is 0.165. The molecule has 2 atom stereocenters. The Hall–Kier alpha value is -0.570. The highest BCUT2D eigenvalue weighted by molar-refractivity contribution is 5.77. The van der Waals surface area contributed by atoms with Crippen LogP contribution in [0.1, 0.15) is 39.0 Å². The topological polar surface area (TPSA) is 41.1 Å². The molecule has 2 saturated carbocycles. The third-order valence-electron chi connectivity index (χ3n) is 3.81. The molecule has 3 heteroatoms. The normalized spacial score (nSPS) is 29.3. The van der Waals surface area contributed by atoms with Gasteiger partial charge in [0.25, 0.3) is 0 Å². The van der Waals surface area contributed by atoms with Crippen LogP contribution in [0.25, 0.3) is 0 Å². The fourth-order valence-electron chi connectivity index (χ4n) is 2.54. The van der Waals surface area contributed by atoms with E-state index >= 15 is 0 Å². The first-order valence-electron chi connectivity index (χ1n) is 6.71. The van der Waals surface area contributed by atoms with Gasteiger partial charge in [-0.3, -0.25) is 4.79 Å². The Bertz CT molecular complexity index is 238. The van der Waals surface area contributed by atoms with Crippen LogP contribution in [-0.4, -0.2) is 25.5 Å². The monoisotopic (exact) mass is 224 g/mol. The fraction of sp³-hybridized carbons (Fsp3) is 0.923. The molecule has 16 heavy (non-hydrogen) atoms. The van der Waals surface area contributed by atoms with E-state index in [0.717, 1.165) is 30.8 Å². The van der Waals surface area contributed by atoms with Gasteiger partial charge in [0.2, 0.25) is 5.91 Å². The average Bonchev–Trinajstić information content (AvgIpc) is 2.99. The lowest BCUT2D eigenvalue weighted by molar-refractivity contribution is -0.120. The zero-order chi connectivity index (χ0) is 11.4. The van der Waals surface area contributed by atoms with Gasteiger partial charge < -0.3 is 10.6 Å². The van der Waals surface area contributed by atoms with Crippen molar-refractivity contribution in [1.82, 2.24) is 10.6 Å². The first kappa shape index (κ1) is 11.9.